The van der Waals surface area contributed by atoms with Crippen LogP contribution >= 0.6 is 0 Å². The average Bonchev–Trinajstić information content (AvgIpc) is 2.70. The second kappa shape index (κ2) is 5.82. The fourth-order valence-electron chi connectivity index (χ4n) is 1.71. The number of aromatic nitrogens is 2. The van der Waals surface area contributed by atoms with Gasteiger partial charge in [-0.2, -0.15) is 5.10 Å². The molecule has 3 N–H and O–H groups in total. The topological polar surface area (TPSA) is 72.9 Å². The maximum Gasteiger partial charge on any atom is 0.237 e. The lowest BCUT2D eigenvalue weighted by Gasteiger charge is -2.25. The quantitative estimate of drug-likeness (QED) is 0.691. The van der Waals surface area contributed by atoms with Crippen molar-refractivity contribution in [2.24, 2.45) is 5.73 Å². The highest BCUT2D eigenvalue weighted by Gasteiger charge is 2.27. The number of likely N-dealkylation sites (N-methyl/N-ethyl adjacent to an activating group) is 1. The Kier molecular flexibility index (Phi) is 4.69. The van der Waals surface area contributed by atoms with Crippen molar-refractivity contribution in [3.8, 4) is 0 Å². The van der Waals surface area contributed by atoms with E-state index in [1.807, 2.05) is 30.8 Å². The van der Waals surface area contributed by atoms with E-state index in [0.29, 0.717) is 0 Å². The molecule has 0 saturated carbocycles. The zero-order valence-corrected chi connectivity index (χ0v) is 10.9. The van der Waals surface area contributed by atoms with E-state index >= 15 is 0 Å². The van der Waals surface area contributed by atoms with Crippen molar-refractivity contribution in [3.05, 3.63) is 18.0 Å². The monoisotopic (exact) mass is 238 g/mol. The second-order valence-electron chi connectivity index (χ2n) is 4.62. The molecule has 0 fully saturated rings. The summed E-state index contributed by atoms with van der Waals surface area (Å²) in [4.78, 5) is 11.3. The summed E-state index contributed by atoms with van der Waals surface area (Å²) in [6.07, 6.45) is 4.66. The average molecular weight is 238 g/mol. The van der Waals surface area contributed by atoms with Gasteiger partial charge < -0.3 is 11.1 Å². The van der Waals surface area contributed by atoms with E-state index in [1.54, 1.807) is 7.05 Å². The zero-order valence-electron chi connectivity index (χ0n) is 10.9. The van der Waals surface area contributed by atoms with Crippen LogP contribution in [-0.4, -0.2) is 28.3 Å². The van der Waals surface area contributed by atoms with E-state index < -0.39 is 5.54 Å². The first-order valence-electron chi connectivity index (χ1n) is 5.97. The molecule has 0 saturated heterocycles. The Morgan fingerprint density at radius 3 is 2.76 bits per heavy atom. The molecule has 0 aromatic carbocycles. The summed E-state index contributed by atoms with van der Waals surface area (Å²) in [5.41, 5.74) is 5.79. The van der Waals surface area contributed by atoms with Gasteiger partial charge in [0.05, 0.1) is 11.2 Å². The first kappa shape index (κ1) is 13.7. The molecule has 0 aliphatic heterocycles. The normalized spacial score (nSPS) is 14.5. The van der Waals surface area contributed by atoms with E-state index in [2.05, 4.69) is 10.4 Å². The van der Waals surface area contributed by atoms with Gasteiger partial charge in [-0.05, 0) is 46.2 Å². The third kappa shape index (κ3) is 3.85. The fraction of sp³-hybridized carbons (Fsp3) is 0.667. The number of hydrogen-bond acceptors (Lipinski definition) is 3. The SMILES string of the molecule is CNC(C)(CCCCn1ccc(C)n1)C(N)=O. The Bertz CT molecular complexity index is 374. The molecule has 1 amide bonds. The number of nitrogens with two attached hydrogens (primary N) is 1. The standard InChI is InChI=1S/C12H22N4O/c1-10-6-9-16(15-10)8-5-4-7-12(2,14-3)11(13)17/h6,9,14H,4-5,7-8H2,1-3H3,(H2,13,17). The minimum atomic E-state index is -0.597. The number of aryl methyl sites for hydroxylation is 2. The smallest absolute Gasteiger partial charge is 0.237 e. The van der Waals surface area contributed by atoms with Crippen LogP contribution in [0.2, 0.25) is 0 Å². The number of rotatable bonds is 7. The highest BCUT2D eigenvalue weighted by molar-refractivity contribution is 5.84. The highest BCUT2D eigenvalue weighted by atomic mass is 16.1. The van der Waals surface area contributed by atoms with Crippen molar-refractivity contribution in [1.82, 2.24) is 15.1 Å². The van der Waals surface area contributed by atoms with Crippen LogP contribution in [0, 0.1) is 6.92 Å². The summed E-state index contributed by atoms with van der Waals surface area (Å²) < 4.78 is 1.93. The highest BCUT2D eigenvalue weighted by Crippen LogP contribution is 2.13. The number of nitrogens with zero attached hydrogens (tertiary/aromatic N) is 2. The molecule has 96 valence electrons. The molecule has 1 aromatic heterocycles. The van der Waals surface area contributed by atoms with Crippen LogP contribution in [0.25, 0.3) is 0 Å². The minimum absolute atomic E-state index is 0.296. The first-order valence-corrected chi connectivity index (χ1v) is 5.97. The van der Waals surface area contributed by atoms with Gasteiger partial charge in [0.15, 0.2) is 0 Å². The van der Waals surface area contributed by atoms with E-state index in [9.17, 15) is 4.79 Å². The molecule has 0 aliphatic carbocycles. The summed E-state index contributed by atoms with van der Waals surface area (Å²) >= 11 is 0. The molecule has 1 unspecified atom stereocenters. The number of hydrogen-bond donors (Lipinski definition) is 2. The summed E-state index contributed by atoms with van der Waals surface area (Å²) in [5.74, 6) is -0.296. The van der Waals surface area contributed by atoms with Crippen molar-refractivity contribution in [1.29, 1.82) is 0 Å². The molecule has 0 spiro atoms. The lowest BCUT2D eigenvalue weighted by molar-refractivity contribution is -0.123. The molecule has 0 bridgehead atoms. The van der Waals surface area contributed by atoms with Crippen LogP contribution < -0.4 is 11.1 Å². The summed E-state index contributed by atoms with van der Waals surface area (Å²) in [6, 6.07) is 1.99. The molecule has 1 rings (SSSR count). The molecular formula is C12H22N4O. The minimum Gasteiger partial charge on any atom is -0.368 e. The van der Waals surface area contributed by atoms with E-state index in [1.165, 1.54) is 0 Å². The molecule has 0 radical (unpaired) electrons. The molecule has 1 atom stereocenters. The number of unbranched alkanes of at least 4 members (excludes halogenated alkanes) is 1. The maximum absolute atomic E-state index is 11.3. The molecule has 1 aromatic rings. The number of primary amides is 1. The number of nitrogens with one attached hydrogen (secondary N) is 1. The van der Waals surface area contributed by atoms with Gasteiger partial charge in [-0.15, -0.1) is 0 Å². The molecule has 17 heavy (non-hydrogen) atoms. The third-order valence-electron chi connectivity index (χ3n) is 3.18. The Balaban J connectivity index is 2.30. The van der Waals surface area contributed by atoms with E-state index in [-0.39, 0.29) is 5.91 Å². The Morgan fingerprint density at radius 1 is 1.59 bits per heavy atom. The number of carbonyl (C=O) groups is 1. The van der Waals surface area contributed by atoms with Crippen LogP contribution in [0.1, 0.15) is 31.9 Å². The van der Waals surface area contributed by atoms with Crippen molar-refractivity contribution >= 4 is 5.91 Å². The Morgan fingerprint density at radius 2 is 2.29 bits per heavy atom. The van der Waals surface area contributed by atoms with E-state index in [0.717, 1.165) is 31.5 Å². The summed E-state index contributed by atoms with van der Waals surface area (Å²) in [7, 11) is 1.77. The van der Waals surface area contributed by atoms with Gasteiger partial charge in [0.1, 0.15) is 0 Å². The Hall–Kier alpha value is -1.36. The van der Waals surface area contributed by atoms with Crippen LogP contribution in [0.3, 0.4) is 0 Å². The second-order valence-corrected chi connectivity index (χ2v) is 4.62. The summed E-state index contributed by atoms with van der Waals surface area (Å²) in [5, 5.41) is 7.29. The maximum atomic E-state index is 11.3. The molecule has 1 heterocycles. The molecule has 5 heteroatoms. The van der Waals surface area contributed by atoms with Crippen molar-refractivity contribution in [2.45, 2.75) is 45.2 Å². The number of carbonyl (C=O) groups excluding carboxylic acids is 1. The van der Waals surface area contributed by atoms with E-state index in [4.69, 9.17) is 5.73 Å². The van der Waals surface area contributed by atoms with Gasteiger partial charge in [0.25, 0.3) is 0 Å². The molecule has 5 nitrogen and oxygen atoms in total. The lowest BCUT2D eigenvalue weighted by Crippen LogP contribution is -2.51. The van der Waals surface area contributed by atoms with Gasteiger partial charge in [-0.3, -0.25) is 9.48 Å². The van der Waals surface area contributed by atoms with Crippen LogP contribution in [0.5, 0.6) is 0 Å². The van der Waals surface area contributed by atoms with Crippen molar-refractivity contribution < 1.29 is 4.79 Å². The predicted octanol–water partition coefficient (Wildman–Crippen LogP) is 0.825. The molecule has 0 aliphatic rings. The fourth-order valence-corrected chi connectivity index (χ4v) is 1.71. The van der Waals surface area contributed by atoms with Crippen molar-refractivity contribution in [3.63, 3.8) is 0 Å². The largest absolute Gasteiger partial charge is 0.368 e. The van der Waals surface area contributed by atoms with Crippen LogP contribution in [0.15, 0.2) is 12.3 Å². The van der Waals surface area contributed by atoms with Crippen LogP contribution in [-0.2, 0) is 11.3 Å². The van der Waals surface area contributed by atoms with Crippen molar-refractivity contribution in [2.75, 3.05) is 7.05 Å². The predicted molar refractivity (Wildman–Crippen MR) is 67.5 cm³/mol. The lowest BCUT2D eigenvalue weighted by atomic mass is 9.94. The third-order valence-corrected chi connectivity index (χ3v) is 3.18. The molecular weight excluding hydrogens is 216 g/mol. The van der Waals surface area contributed by atoms with Gasteiger partial charge in [0.2, 0.25) is 5.91 Å². The van der Waals surface area contributed by atoms with Crippen LogP contribution in [0.4, 0.5) is 0 Å². The first-order chi connectivity index (χ1) is 7.98. The van der Waals surface area contributed by atoms with Gasteiger partial charge in [-0.1, -0.05) is 0 Å². The van der Waals surface area contributed by atoms with Gasteiger partial charge >= 0.3 is 0 Å². The number of amides is 1. The Labute approximate surface area is 102 Å². The zero-order chi connectivity index (χ0) is 12.9. The summed E-state index contributed by atoms with van der Waals surface area (Å²) in [6.45, 7) is 4.70. The van der Waals surface area contributed by atoms with Gasteiger partial charge in [0, 0.05) is 12.7 Å². The van der Waals surface area contributed by atoms with Gasteiger partial charge in [-0.25, -0.2) is 0 Å².